The van der Waals surface area contributed by atoms with Crippen molar-refractivity contribution in [1.82, 2.24) is 9.80 Å². The van der Waals surface area contributed by atoms with Gasteiger partial charge >= 0.3 is 0 Å². The Morgan fingerprint density at radius 3 is 2.50 bits per heavy atom. The molecule has 2 aromatic rings. The highest BCUT2D eigenvalue weighted by atomic mass is 19.2. The highest BCUT2D eigenvalue weighted by molar-refractivity contribution is 5.80. The van der Waals surface area contributed by atoms with Crippen molar-refractivity contribution in [2.75, 3.05) is 26.2 Å². The number of likely N-dealkylation sites (tertiary alicyclic amines) is 2. The van der Waals surface area contributed by atoms with Crippen LogP contribution < -0.4 is 4.74 Å². The number of benzene rings is 2. The number of halogens is 3. The summed E-state index contributed by atoms with van der Waals surface area (Å²) >= 11 is 0. The van der Waals surface area contributed by atoms with Crippen molar-refractivity contribution in [3.63, 3.8) is 0 Å². The van der Waals surface area contributed by atoms with Crippen LogP contribution in [0.15, 0.2) is 42.5 Å². The van der Waals surface area contributed by atoms with Gasteiger partial charge in [-0.1, -0.05) is 24.3 Å². The number of carbonyl (C=O) groups excluding carboxylic acids is 2. The van der Waals surface area contributed by atoms with Crippen LogP contribution in [0.25, 0.3) is 0 Å². The molecule has 0 N–H and O–H groups in total. The average molecular weight is 446 g/mol. The second kappa shape index (κ2) is 9.63. The van der Waals surface area contributed by atoms with Crippen molar-refractivity contribution in [1.29, 1.82) is 0 Å². The minimum absolute atomic E-state index is 0.0422. The topological polar surface area (TPSA) is 49.9 Å². The summed E-state index contributed by atoms with van der Waals surface area (Å²) in [5, 5.41) is 0. The summed E-state index contributed by atoms with van der Waals surface area (Å²) in [4.78, 5) is 29.0. The van der Waals surface area contributed by atoms with Gasteiger partial charge in [0, 0.05) is 31.2 Å². The highest BCUT2D eigenvalue weighted by Gasteiger charge is 2.39. The molecule has 4 rings (SSSR count). The summed E-state index contributed by atoms with van der Waals surface area (Å²) in [7, 11) is 0. The molecule has 2 aromatic carbocycles. The Balaban J connectivity index is 1.36. The van der Waals surface area contributed by atoms with E-state index in [0.717, 1.165) is 25.0 Å². The summed E-state index contributed by atoms with van der Waals surface area (Å²) in [5.74, 6) is -3.80. The van der Waals surface area contributed by atoms with Crippen LogP contribution in [-0.4, -0.2) is 53.9 Å². The molecule has 2 fully saturated rings. The second-order valence-electron chi connectivity index (χ2n) is 8.30. The van der Waals surface area contributed by atoms with Crippen LogP contribution in [0, 0.1) is 23.4 Å². The van der Waals surface area contributed by atoms with Gasteiger partial charge in [0.2, 0.25) is 5.91 Å². The van der Waals surface area contributed by atoms with E-state index in [0.29, 0.717) is 31.8 Å². The first kappa shape index (κ1) is 22.2. The normalized spacial score (nSPS) is 20.6. The smallest absolute Gasteiger partial charge is 0.260 e. The van der Waals surface area contributed by atoms with E-state index < -0.39 is 17.5 Å². The van der Waals surface area contributed by atoms with Crippen molar-refractivity contribution in [2.24, 2.45) is 5.92 Å². The quantitative estimate of drug-likeness (QED) is 0.660. The minimum atomic E-state index is -1.56. The van der Waals surface area contributed by atoms with E-state index in [9.17, 15) is 22.8 Å². The molecule has 0 aromatic heterocycles. The minimum Gasteiger partial charge on any atom is -0.484 e. The van der Waals surface area contributed by atoms with Crippen molar-refractivity contribution < 1.29 is 27.5 Å². The number of nitrogens with zero attached hydrogens (tertiary/aromatic N) is 2. The van der Waals surface area contributed by atoms with E-state index in [1.54, 1.807) is 21.9 Å². The van der Waals surface area contributed by atoms with Crippen LogP contribution in [0.1, 0.15) is 24.8 Å². The maximum absolute atomic E-state index is 14.0. The fraction of sp³-hybridized carbons (Fsp3) is 0.417. The fourth-order valence-electron chi connectivity index (χ4n) is 4.66. The molecule has 5 nitrogen and oxygen atoms in total. The third kappa shape index (κ3) is 4.74. The zero-order valence-corrected chi connectivity index (χ0v) is 17.6. The lowest BCUT2D eigenvalue weighted by Gasteiger charge is -2.47. The van der Waals surface area contributed by atoms with E-state index in [1.807, 2.05) is 18.2 Å². The van der Waals surface area contributed by atoms with Gasteiger partial charge in [0.05, 0.1) is 6.42 Å². The molecule has 0 bridgehead atoms. The average Bonchev–Trinajstić information content (AvgIpc) is 2.82. The Morgan fingerprint density at radius 2 is 1.72 bits per heavy atom. The Labute approximate surface area is 184 Å². The predicted molar refractivity (Wildman–Crippen MR) is 111 cm³/mol. The van der Waals surface area contributed by atoms with Crippen LogP contribution >= 0.6 is 0 Å². The summed E-state index contributed by atoms with van der Waals surface area (Å²) in [6.07, 6.45) is 1.96. The predicted octanol–water partition coefficient (Wildman–Crippen LogP) is 3.56. The van der Waals surface area contributed by atoms with Gasteiger partial charge < -0.3 is 14.5 Å². The molecular formula is C24H25F3N2O3. The molecule has 32 heavy (non-hydrogen) atoms. The largest absolute Gasteiger partial charge is 0.484 e. The van der Waals surface area contributed by atoms with Crippen LogP contribution in [0.2, 0.25) is 0 Å². The van der Waals surface area contributed by atoms with Crippen LogP contribution in [0.5, 0.6) is 5.75 Å². The highest BCUT2D eigenvalue weighted by Crippen LogP contribution is 2.31. The fourth-order valence-corrected chi connectivity index (χ4v) is 4.66. The zero-order chi connectivity index (χ0) is 22.7. The van der Waals surface area contributed by atoms with Gasteiger partial charge in [-0.05, 0) is 43.4 Å². The van der Waals surface area contributed by atoms with Gasteiger partial charge in [-0.2, -0.15) is 0 Å². The van der Waals surface area contributed by atoms with Crippen molar-refractivity contribution >= 4 is 11.8 Å². The van der Waals surface area contributed by atoms with Gasteiger partial charge in [0.25, 0.3) is 5.91 Å². The van der Waals surface area contributed by atoms with Gasteiger partial charge in [-0.3, -0.25) is 9.59 Å². The number of fused-ring (bicyclic) bond motifs is 1. The molecule has 170 valence electrons. The first-order valence-corrected chi connectivity index (χ1v) is 10.8. The number of piperidine rings is 2. The Morgan fingerprint density at radius 1 is 0.938 bits per heavy atom. The van der Waals surface area contributed by atoms with Gasteiger partial charge in [0.15, 0.2) is 24.1 Å². The Hall–Kier alpha value is -3.03. The van der Waals surface area contributed by atoms with E-state index >= 15 is 0 Å². The molecular weight excluding hydrogens is 421 g/mol. The van der Waals surface area contributed by atoms with Gasteiger partial charge in [-0.25, -0.2) is 13.2 Å². The van der Waals surface area contributed by atoms with Crippen molar-refractivity contribution in [3.8, 4) is 5.75 Å². The molecule has 0 spiro atoms. The number of hydrogen-bond acceptors (Lipinski definition) is 3. The summed E-state index contributed by atoms with van der Waals surface area (Å²) in [5.41, 5.74) is -0.151. The third-order valence-electron chi connectivity index (χ3n) is 6.30. The number of para-hydroxylation sites is 1. The van der Waals surface area contributed by atoms with Crippen LogP contribution in [-0.2, 0) is 16.0 Å². The van der Waals surface area contributed by atoms with Crippen LogP contribution in [0.3, 0.4) is 0 Å². The Bertz CT molecular complexity index is 986. The van der Waals surface area contributed by atoms with Gasteiger partial charge in [0.1, 0.15) is 5.75 Å². The monoisotopic (exact) mass is 446 g/mol. The summed E-state index contributed by atoms with van der Waals surface area (Å²) in [6.45, 7) is 1.53. The standard InChI is InChI=1S/C24H25F3N2O3/c25-19-9-8-16(23(26)24(19)27)13-21(30)29-11-4-5-17-14-28(12-10-20(17)29)22(31)15-32-18-6-2-1-3-7-18/h1-3,6-9,17,20H,4-5,10-15H2/t17-,20+/m1/s1. The molecule has 2 aliphatic heterocycles. The number of hydrogen-bond donors (Lipinski definition) is 0. The van der Waals surface area contributed by atoms with Crippen molar-refractivity contribution in [3.05, 3.63) is 65.5 Å². The molecule has 2 heterocycles. The number of rotatable bonds is 5. The van der Waals surface area contributed by atoms with Gasteiger partial charge in [-0.15, -0.1) is 0 Å². The number of carbonyl (C=O) groups is 2. The first-order chi connectivity index (χ1) is 15.4. The Kier molecular flexibility index (Phi) is 6.67. The first-order valence-electron chi connectivity index (χ1n) is 10.8. The van der Waals surface area contributed by atoms with E-state index in [4.69, 9.17) is 4.74 Å². The number of amides is 2. The maximum Gasteiger partial charge on any atom is 0.260 e. The SMILES string of the molecule is O=C(COc1ccccc1)N1CC[C@H]2[C@H](CCCN2C(=O)Cc2ccc(F)c(F)c2F)C1. The molecule has 2 aliphatic rings. The molecule has 8 heteroatoms. The van der Waals surface area contributed by atoms with Crippen LogP contribution in [0.4, 0.5) is 13.2 Å². The third-order valence-corrected chi connectivity index (χ3v) is 6.30. The summed E-state index contributed by atoms with van der Waals surface area (Å²) < 4.78 is 46.3. The van der Waals surface area contributed by atoms with E-state index in [1.165, 1.54) is 0 Å². The molecule has 2 saturated heterocycles. The second-order valence-corrected chi connectivity index (χ2v) is 8.30. The maximum atomic E-state index is 14.0. The van der Waals surface area contributed by atoms with Crippen molar-refractivity contribution in [2.45, 2.75) is 31.7 Å². The lowest BCUT2D eigenvalue weighted by atomic mass is 9.83. The zero-order valence-electron chi connectivity index (χ0n) is 17.6. The number of ether oxygens (including phenoxy) is 1. The molecule has 0 saturated carbocycles. The summed E-state index contributed by atoms with van der Waals surface area (Å²) in [6, 6.07) is 11.0. The lowest BCUT2D eigenvalue weighted by molar-refractivity contribution is -0.142. The molecule has 2 amide bonds. The molecule has 0 radical (unpaired) electrons. The van der Waals surface area contributed by atoms with E-state index in [-0.39, 0.29) is 42.4 Å². The molecule has 0 aliphatic carbocycles. The molecule has 0 unspecified atom stereocenters. The lowest BCUT2D eigenvalue weighted by Crippen LogP contribution is -2.57. The molecule has 2 atom stereocenters. The van der Waals surface area contributed by atoms with E-state index in [2.05, 4.69) is 0 Å².